The Labute approximate surface area is 97.1 Å². The Morgan fingerprint density at radius 3 is 2.18 bits per heavy atom. The molecule has 0 fully saturated rings. The SMILES string of the molecule is CCCC(=[N+]=[N-])C(=O)CC(O)(CC)C(F)(F)F. The van der Waals surface area contributed by atoms with Crippen LogP contribution in [0, 0.1) is 0 Å². The van der Waals surface area contributed by atoms with Gasteiger partial charge in [-0.2, -0.15) is 18.0 Å². The molecular weight excluding hydrogens is 237 g/mol. The number of alkyl halides is 3. The second kappa shape index (κ2) is 5.93. The van der Waals surface area contributed by atoms with Crippen LogP contribution in [0.15, 0.2) is 0 Å². The lowest BCUT2D eigenvalue weighted by Crippen LogP contribution is -2.47. The van der Waals surface area contributed by atoms with Crippen LogP contribution in [-0.4, -0.2) is 33.2 Å². The van der Waals surface area contributed by atoms with Crippen molar-refractivity contribution in [1.82, 2.24) is 0 Å². The Bertz CT molecular complexity index is 335. The first-order chi connectivity index (χ1) is 7.71. The smallest absolute Gasteiger partial charge is 0.380 e. The fourth-order valence-electron chi connectivity index (χ4n) is 1.28. The molecule has 0 aromatic carbocycles. The van der Waals surface area contributed by atoms with Gasteiger partial charge in [0, 0.05) is 0 Å². The van der Waals surface area contributed by atoms with Crippen LogP contribution in [0.25, 0.3) is 5.53 Å². The first-order valence-electron chi connectivity index (χ1n) is 5.25. The van der Waals surface area contributed by atoms with E-state index in [9.17, 15) is 23.1 Å². The Morgan fingerprint density at radius 2 is 1.88 bits per heavy atom. The second-order valence-electron chi connectivity index (χ2n) is 3.78. The van der Waals surface area contributed by atoms with Crippen LogP contribution in [0.1, 0.15) is 39.5 Å². The van der Waals surface area contributed by atoms with E-state index in [-0.39, 0.29) is 12.1 Å². The summed E-state index contributed by atoms with van der Waals surface area (Å²) in [7, 11) is 0. The van der Waals surface area contributed by atoms with E-state index in [1.807, 2.05) is 0 Å². The van der Waals surface area contributed by atoms with E-state index in [1.54, 1.807) is 6.92 Å². The number of aliphatic hydroxyl groups is 1. The monoisotopic (exact) mass is 252 g/mol. The average Bonchev–Trinajstić information content (AvgIpc) is 2.23. The minimum atomic E-state index is -4.88. The van der Waals surface area contributed by atoms with Crippen molar-refractivity contribution in [2.24, 2.45) is 0 Å². The molecule has 0 aromatic heterocycles. The molecule has 0 rings (SSSR count). The molecule has 1 unspecified atom stereocenters. The number of Topliss-reactive ketones (excluding diaryl/α,β-unsaturated/α-hetero) is 1. The van der Waals surface area contributed by atoms with E-state index in [0.29, 0.717) is 6.42 Å². The lowest BCUT2D eigenvalue weighted by atomic mass is 9.91. The summed E-state index contributed by atoms with van der Waals surface area (Å²) in [5.41, 5.74) is 5.10. The number of ketones is 1. The number of hydrogen-bond donors (Lipinski definition) is 1. The Hall–Kier alpha value is -1.20. The molecule has 0 spiro atoms. The van der Waals surface area contributed by atoms with Crippen LogP contribution in [-0.2, 0) is 4.79 Å². The average molecular weight is 252 g/mol. The first kappa shape index (κ1) is 15.8. The fourth-order valence-corrected chi connectivity index (χ4v) is 1.28. The van der Waals surface area contributed by atoms with Gasteiger partial charge in [-0.3, -0.25) is 4.79 Å². The predicted molar refractivity (Wildman–Crippen MR) is 54.5 cm³/mol. The number of carbonyl (C=O) groups is 1. The van der Waals surface area contributed by atoms with E-state index in [0.717, 1.165) is 6.92 Å². The topological polar surface area (TPSA) is 73.7 Å². The van der Waals surface area contributed by atoms with Crippen molar-refractivity contribution in [3.8, 4) is 0 Å². The van der Waals surface area contributed by atoms with Gasteiger partial charge < -0.3 is 10.6 Å². The molecule has 0 aliphatic rings. The molecule has 1 N–H and O–H groups in total. The summed E-state index contributed by atoms with van der Waals surface area (Å²) >= 11 is 0. The molecule has 0 heterocycles. The third-order valence-electron chi connectivity index (χ3n) is 2.49. The molecule has 1 atom stereocenters. The van der Waals surface area contributed by atoms with Gasteiger partial charge in [0.1, 0.15) is 0 Å². The fraction of sp³-hybridized carbons (Fsp3) is 0.800. The summed E-state index contributed by atoms with van der Waals surface area (Å²) in [6.45, 7) is 2.82. The molecular formula is C10H15F3N2O2. The van der Waals surface area contributed by atoms with Gasteiger partial charge in [0.15, 0.2) is 5.60 Å². The quantitative estimate of drug-likeness (QED) is 0.446. The molecule has 0 radical (unpaired) electrons. The van der Waals surface area contributed by atoms with Crippen molar-refractivity contribution in [2.75, 3.05) is 0 Å². The summed E-state index contributed by atoms with van der Waals surface area (Å²) in [4.78, 5) is 14.1. The van der Waals surface area contributed by atoms with Crippen LogP contribution in [0.3, 0.4) is 0 Å². The van der Waals surface area contributed by atoms with Gasteiger partial charge in [-0.05, 0) is 12.8 Å². The van der Waals surface area contributed by atoms with Gasteiger partial charge in [0.25, 0.3) is 0 Å². The predicted octanol–water partition coefficient (Wildman–Crippen LogP) is 2.12. The molecule has 0 aliphatic carbocycles. The van der Waals surface area contributed by atoms with Crippen LogP contribution in [0.5, 0.6) is 0 Å². The zero-order valence-electron chi connectivity index (χ0n) is 9.71. The van der Waals surface area contributed by atoms with Crippen LogP contribution < -0.4 is 0 Å². The molecule has 0 aliphatic heterocycles. The summed E-state index contributed by atoms with van der Waals surface area (Å²) in [6.07, 6.45) is -6.10. The largest absolute Gasteiger partial charge is 0.417 e. The van der Waals surface area contributed by atoms with Gasteiger partial charge in [-0.1, -0.05) is 13.8 Å². The van der Waals surface area contributed by atoms with Gasteiger partial charge in [-0.15, -0.1) is 0 Å². The minimum Gasteiger partial charge on any atom is -0.380 e. The van der Waals surface area contributed by atoms with Crippen LogP contribution >= 0.6 is 0 Å². The summed E-state index contributed by atoms with van der Waals surface area (Å²) in [5, 5.41) is 9.36. The zero-order valence-corrected chi connectivity index (χ0v) is 9.71. The van der Waals surface area contributed by atoms with Crippen molar-refractivity contribution in [3.63, 3.8) is 0 Å². The highest BCUT2D eigenvalue weighted by Gasteiger charge is 2.54. The molecule has 0 aromatic rings. The van der Waals surface area contributed by atoms with Crippen molar-refractivity contribution in [2.45, 2.75) is 51.3 Å². The molecule has 0 saturated carbocycles. The molecule has 0 saturated heterocycles. The number of nitrogens with zero attached hydrogens (tertiary/aromatic N) is 2. The molecule has 0 amide bonds. The second-order valence-corrected chi connectivity index (χ2v) is 3.78. The van der Waals surface area contributed by atoms with E-state index in [1.165, 1.54) is 0 Å². The van der Waals surface area contributed by atoms with Crippen molar-refractivity contribution < 1.29 is 27.9 Å². The summed E-state index contributed by atoms with van der Waals surface area (Å²) in [5.74, 6) is -0.990. The van der Waals surface area contributed by atoms with E-state index >= 15 is 0 Å². The van der Waals surface area contributed by atoms with E-state index in [2.05, 4.69) is 4.79 Å². The third-order valence-corrected chi connectivity index (χ3v) is 2.49. The number of rotatable bonds is 6. The standard InChI is InChI=1S/C10H15F3N2O2/c1-3-5-7(15-14)8(16)6-9(17,4-2)10(11,12)13/h17H,3-6H2,1-2H3. The zero-order chi connectivity index (χ0) is 13.7. The lowest BCUT2D eigenvalue weighted by molar-refractivity contribution is -0.261. The molecule has 7 heteroatoms. The van der Waals surface area contributed by atoms with Crippen LogP contribution in [0.2, 0.25) is 0 Å². The minimum absolute atomic E-state index is 0.0764. The number of hydrogen-bond acceptors (Lipinski definition) is 2. The number of carbonyl (C=O) groups excluding carboxylic acids is 1. The van der Waals surface area contributed by atoms with Crippen molar-refractivity contribution in [3.05, 3.63) is 5.53 Å². The van der Waals surface area contributed by atoms with Crippen molar-refractivity contribution in [1.29, 1.82) is 0 Å². The van der Waals surface area contributed by atoms with E-state index < -0.39 is 30.4 Å². The maximum absolute atomic E-state index is 12.5. The highest BCUT2D eigenvalue weighted by molar-refractivity contribution is 6.37. The van der Waals surface area contributed by atoms with Gasteiger partial charge >= 0.3 is 11.9 Å². The molecule has 98 valence electrons. The van der Waals surface area contributed by atoms with E-state index in [4.69, 9.17) is 5.53 Å². The van der Waals surface area contributed by atoms with Gasteiger partial charge in [0.05, 0.1) is 12.8 Å². The number of halogens is 3. The van der Waals surface area contributed by atoms with Gasteiger partial charge in [0.2, 0.25) is 5.78 Å². The first-order valence-corrected chi connectivity index (χ1v) is 5.25. The molecule has 17 heavy (non-hydrogen) atoms. The maximum atomic E-state index is 12.5. The Kier molecular flexibility index (Phi) is 5.51. The highest BCUT2D eigenvalue weighted by Crippen LogP contribution is 2.35. The van der Waals surface area contributed by atoms with Crippen LogP contribution in [0.4, 0.5) is 13.2 Å². The summed E-state index contributed by atoms with van der Waals surface area (Å²) in [6, 6.07) is 0. The Morgan fingerprint density at radius 1 is 1.35 bits per heavy atom. The normalized spacial score (nSPS) is 14.9. The van der Waals surface area contributed by atoms with Gasteiger partial charge in [-0.25, -0.2) is 0 Å². The Balaban J connectivity index is 4.93. The highest BCUT2D eigenvalue weighted by atomic mass is 19.4. The molecule has 0 bridgehead atoms. The summed E-state index contributed by atoms with van der Waals surface area (Å²) < 4.78 is 37.5. The molecule has 4 nitrogen and oxygen atoms in total. The maximum Gasteiger partial charge on any atom is 0.417 e. The van der Waals surface area contributed by atoms with Crippen molar-refractivity contribution >= 4 is 11.5 Å². The lowest BCUT2D eigenvalue weighted by Gasteiger charge is -2.27. The third kappa shape index (κ3) is 3.94.